The molecule has 1 aromatic carbocycles. The van der Waals surface area contributed by atoms with Gasteiger partial charge in [0.15, 0.2) is 0 Å². The van der Waals surface area contributed by atoms with Gasteiger partial charge in [-0.25, -0.2) is 18.4 Å². The molecule has 0 atom stereocenters. The molecule has 128 valence electrons. The molecule has 5 nitrogen and oxygen atoms in total. The molecule has 0 radical (unpaired) electrons. The van der Waals surface area contributed by atoms with E-state index in [1.165, 1.54) is 21.9 Å². The highest BCUT2D eigenvalue weighted by atomic mass is 19.1. The van der Waals surface area contributed by atoms with Gasteiger partial charge in [-0.15, -0.1) is 0 Å². The van der Waals surface area contributed by atoms with E-state index >= 15 is 0 Å². The molecule has 1 aromatic rings. The summed E-state index contributed by atoms with van der Waals surface area (Å²) < 4.78 is 26.9. The van der Waals surface area contributed by atoms with Crippen LogP contribution < -0.4 is 4.90 Å². The van der Waals surface area contributed by atoms with E-state index in [4.69, 9.17) is 5.11 Å². The summed E-state index contributed by atoms with van der Waals surface area (Å²) in [5, 5.41) is 9.12. The molecule has 1 fully saturated rings. The van der Waals surface area contributed by atoms with E-state index in [-0.39, 0.29) is 24.4 Å². The van der Waals surface area contributed by atoms with Crippen LogP contribution in [0.3, 0.4) is 0 Å². The van der Waals surface area contributed by atoms with Crippen molar-refractivity contribution in [3.05, 3.63) is 53.3 Å². The third-order valence-corrected chi connectivity index (χ3v) is 3.79. The smallest absolute Gasteiger partial charge is 0.331 e. The molecular formula is C17H18F2N2O3. The van der Waals surface area contributed by atoms with Crippen LogP contribution in [-0.4, -0.2) is 35.1 Å². The summed E-state index contributed by atoms with van der Waals surface area (Å²) >= 11 is 0. The number of hydrogen-bond acceptors (Lipinski definition) is 2. The Balaban J connectivity index is 2.28. The summed E-state index contributed by atoms with van der Waals surface area (Å²) in [7, 11) is 0. The number of hydrogen-bond donors (Lipinski definition) is 1. The molecule has 7 heteroatoms. The quantitative estimate of drug-likeness (QED) is 0.661. The van der Waals surface area contributed by atoms with Crippen molar-refractivity contribution < 1.29 is 23.5 Å². The average Bonchev–Trinajstić information content (AvgIpc) is 2.90. The molecule has 1 aliphatic rings. The molecule has 0 spiro atoms. The van der Waals surface area contributed by atoms with E-state index in [1.807, 2.05) is 0 Å². The van der Waals surface area contributed by atoms with Gasteiger partial charge in [-0.2, -0.15) is 0 Å². The van der Waals surface area contributed by atoms with Gasteiger partial charge < -0.3 is 5.11 Å². The van der Waals surface area contributed by atoms with Crippen LogP contribution in [0.5, 0.6) is 0 Å². The fraction of sp³-hybridized carbons (Fsp3) is 0.294. The molecule has 0 aliphatic carbocycles. The van der Waals surface area contributed by atoms with Gasteiger partial charge >= 0.3 is 12.0 Å². The van der Waals surface area contributed by atoms with Crippen molar-refractivity contribution in [2.75, 3.05) is 18.0 Å². The molecule has 1 N–H and O–H groups in total. The van der Waals surface area contributed by atoms with Gasteiger partial charge in [-0.05, 0) is 31.6 Å². The molecule has 1 aliphatic heterocycles. The highest BCUT2D eigenvalue weighted by molar-refractivity contribution is 5.96. The second-order valence-corrected chi connectivity index (χ2v) is 5.22. The largest absolute Gasteiger partial charge is 0.478 e. The van der Waals surface area contributed by atoms with Crippen molar-refractivity contribution in [3.8, 4) is 0 Å². The Kier molecular flexibility index (Phi) is 5.33. The number of carboxylic acids is 1. The number of nitrogens with zero attached hydrogens (tertiary/aromatic N) is 2. The number of carbonyl (C=O) groups excluding carboxylic acids is 1. The number of rotatable bonds is 5. The Bertz CT molecular complexity index is 729. The first kappa shape index (κ1) is 17.7. The Hall–Kier alpha value is -2.70. The minimum Gasteiger partial charge on any atom is -0.478 e. The predicted octanol–water partition coefficient (Wildman–Crippen LogP) is 3.53. The lowest BCUT2D eigenvalue weighted by Crippen LogP contribution is -2.31. The Morgan fingerprint density at radius 3 is 2.58 bits per heavy atom. The van der Waals surface area contributed by atoms with Crippen LogP contribution in [0.2, 0.25) is 0 Å². The van der Waals surface area contributed by atoms with E-state index < -0.39 is 23.6 Å². The molecule has 0 bridgehead atoms. The van der Waals surface area contributed by atoms with Gasteiger partial charge in [0.25, 0.3) is 0 Å². The predicted molar refractivity (Wildman–Crippen MR) is 85.6 cm³/mol. The Morgan fingerprint density at radius 2 is 2.04 bits per heavy atom. The zero-order valence-electron chi connectivity index (χ0n) is 13.4. The fourth-order valence-corrected chi connectivity index (χ4v) is 2.51. The maximum Gasteiger partial charge on any atom is 0.331 e. The second-order valence-electron chi connectivity index (χ2n) is 5.22. The lowest BCUT2D eigenvalue weighted by Gasteiger charge is -2.20. The van der Waals surface area contributed by atoms with E-state index in [2.05, 4.69) is 0 Å². The first-order valence-corrected chi connectivity index (χ1v) is 7.53. The van der Waals surface area contributed by atoms with Crippen molar-refractivity contribution in [2.24, 2.45) is 0 Å². The maximum absolute atomic E-state index is 13.9. The number of carboxylic acid groups (broad SMARTS) is 1. The van der Waals surface area contributed by atoms with Gasteiger partial charge in [-0.3, -0.25) is 9.80 Å². The molecule has 1 heterocycles. The summed E-state index contributed by atoms with van der Waals surface area (Å²) in [5.41, 5.74) is 0.601. The van der Waals surface area contributed by atoms with E-state index in [0.717, 1.165) is 12.1 Å². The Labute approximate surface area is 138 Å². The summed E-state index contributed by atoms with van der Waals surface area (Å²) in [6.45, 7) is 3.90. The normalized spacial score (nSPS) is 16.1. The molecule has 2 amide bonds. The fourth-order valence-electron chi connectivity index (χ4n) is 2.51. The van der Waals surface area contributed by atoms with Gasteiger partial charge in [0, 0.05) is 30.4 Å². The number of halogens is 2. The summed E-state index contributed by atoms with van der Waals surface area (Å²) in [6.07, 6.45) is 3.37. The number of benzene rings is 1. The minimum absolute atomic E-state index is 0.00252. The standard InChI is InChI=1S/C17H18F2N2O3/c1-3-11(16(22)23)9-13(4-2)20-7-8-21(17(20)24)15-6-5-12(18)10-14(15)19/h4-6,9-10H,3,7-8H2,1-2H3,(H,22,23)/b11-9+,13-4+. The summed E-state index contributed by atoms with van der Waals surface area (Å²) in [5.74, 6) is -2.58. The molecule has 0 unspecified atom stereocenters. The second kappa shape index (κ2) is 7.25. The zero-order chi connectivity index (χ0) is 17.9. The van der Waals surface area contributed by atoms with Crippen LogP contribution in [0.25, 0.3) is 0 Å². The zero-order valence-corrected chi connectivity index (χ0v) is 13.4. The average molecular weight is 336 g/mol. The number of aliphatic carboxylic acids is 1. The van der Waals surface area contributed by atoms with E-state index in [0.29, 0.717) is 12.1 Å². The Morgan fingerprint density at radius 1 is 1.33 bits per heavy atom. The van der Waals surface area contributed by atoms with Gasteiger partial charge in [0.1, 0.15) is 11.6 Å². The van der Waals surface area contributed by atoms with Crippen molar-refractivity contribution in [2.45, 2.75) is 20.3 Å². The highest BCUT2D eigenvalue weighted by Crippen LogP contribution is 2.27. The third-order valence-electron chi connectivity index (χ3n) is 3.79. The lowest BCUT2D eigenvalue weighted by atomic mass is 10.1. The highest BCUT2D eigenvalue weighted by Gasteiger charge is 2.32. The van der Waals surface area contributed by atoms with Crippen molar-refractivity contribution in [1.29, 1.82) is 0 Å². The number of carbonyl (C=O) groups is 2. The summed E-state index contributed by atoms with van der Waals surface area (Å²) in [4.78, 5) is 26.3. The number of amides is 2. The van der Waals surface area contributed by atoms with E-state index in [9.17, 15) is 18.4 Å². The van der Waals surface area contributed by atoms with Crippen molar-refractivity contribution in [1.82, 2.24) is 4.90 Å². The third kappa shape index (κ3) is 3.45. The number of urea groups is 1. The van der Waals surface area contributed by atoms with Crippen LogP contribution in [-0.2, 0) is 4.79 Å². The molecule has 1 saturated heterocycles. The topological polar surface area (TPSA) is 60.9 Å². The molecule has 0 aromatic heterocycles. The first-order chi connectivity index (χ1) is 11.4. The molecule has 2 rings (SSSR count). The van der Waals surface area contributed by atoms with Crippen LogP contribution in [0.4, 0.5) is 19.3 Å². The van der Waals surface area contributed by atoms with Crippen molar-refractivity contribution >= 4 is 17.7 Å². The van der Waals surface area contributed by atoms with Crippen LogP contribution in [0.1, 0.15) is 20.3 Å². The van der Waals surface area contributed by atoms with Gasteiger partial charge in [0.2, 0.25) is 0 Å². The first-order valence-electron chi connectivity index (χ1n) is 7.53. The summed E-state index contributed by atoms with van der Waals surface area (Å²) in [6, 6.07) is 2.54. The van der Waals surface area contributed by atoms with Crippen LogP contribution in [0.15, 0.2) is 41.6 Å². The van der Waals surface area contributed by atoms with Gasteiger partial charge in [-0.1, -0.05) is 13.0 Å². The lowest BCUT2D eigenvalue weighted by molar-refractivity contribution is -0.132. The number of anilines is 1. The minimum atomic E-state index is -1.05. The molecule has 24 heavy (non-hydrogen) atoms. The number of allylic oxidation sites excluding steroid dienone is 2. The van der Waals surface area contributed by atoms with Crippen LogP contribution in [0, 0.1) is 11.6 Å². The molecule has 0 saturated carbocycles. The van der Waals surface area contributed by atoms with E-state index in [1.54, 1.807) is 19.9 Å². The maximum atomic E-state index is 13.9. The molecular weight excluding hydrogens is 318 g/mol. The monoisotopic (exact) mass is 336 g/mol. The van der Waals surface area contributed by atoms with Crippen molar-refractivity contribution in [3.63, 3.8) is 0 Å². The SMILES string of the molecule is C/C=C(\C=C(/CC)C(=O)O)N1CCN(c2ccc(F)cc2F)C1=O. The van der Waals surface area contributed by atoms with Crippen LogP contribution >= 0.6 is 0 Å². The van der Waals surface area contributed by atoms with Gasteiger partial charge in [0.05, 0.1) is 5.69 Å².